The summed E-state index contributed by atoms with van der Waals surface area (Å²) in [6, 6.07) is 3.76. The monoisotopic (exact) mass is 167 g/mol. The fourth-order valence-electron chi connectivity index (χ4n) is 1.00. The molecular weight excluding hydrogens is 162 g/mol. The Hall–Kier alpha value is -1.09. The SMILES string of the molecule is Cc1nc(Cl)c2cccn2n1. The smallest absolute Gasteiger partial charge is 0.156 e. The minimum Gasteiger partial charge on any atom is -0.236 e. The molecule has 2 heterocycles. The Morgan fingerprint density at radius 2 is 2.36 bits per heavy atom. The van der Waals surface area contributed by atoms with Crippen molar-refractivity contribution < 1.29 is 0 Å². The van der Waals surface area contributed by atoms with E-state index < -0.39 is 0 Å². The molecular formula is C7H6ClN3. The molecule has 0 fully saturated rings. The summed E-state index contributed by atoms with van der Waals surface area (Å²) < 4.78 is 1.71. The van der Waals surface area contributed by atoms with Crippen LogP contribution in [0.2, 0.25) is 5.15 Å². The number of hydrogen-bond acceptors (Lipinski definition) is 2. The van der Waals surface area contributed by atoms with E-state index >= 15 is 0 Å². The van der Waals surface area contributed by atoms with Gasteiger partial charge in [-0.15, -0.1) is 0 Å². The first-order valence-corrected chi connectivity index (χ1v) is 3.62. The van der Waals surface area contributed by atoms with Gasteiger partial charge < -0.3 is 0 Å². The van der Waals surface area contributed by atoms with Crippen LogP contribution in [0.3, 0.4) is 0 Å². The summed E-state index contributed by atoms with van der Waals surface area (Å²) in [5.74, 6) is 0.679. The van der Waals surface area contributed by atoms with Gasteiger partial charge in [-0.05, 0) is 19.1 Å². The zero-order valence-corrected chi connectivity index (χ0v) is 6.71. The zero-order chi connectivity index (χ0) is 7.84. The average molecular weight is 168 g/mol. The predicted octanol–water partition coefficient (Wildman–Crippen LogP) is 1.69. The van der Waals surface area contributed by atoms with E-state index in [0.29, 0.717) is 11.0 Å². The Labute approximate surface area is 68.6 Å². The van der Waals surface area contributed by atoms with Crippen molar-refractivity contribution in [2.45, 2.75) is 6.92 Å². The summed E-state index contributed by atoms with van der Waals surface area (Å²) >= 11 is 5.83. The molecule has 0 N–H and O–H groups in total. The highest BCUT2D eigenvalue weighted by molar-refractivity contribution is 6.32. The van der Waals surface area contributed by atoms with E-state index in [1.807, 2.05) is 25.3 Å². The van der Waals surface area contributed by atoms with Crippen LogP contribution in [0, 0.1) is 6.92 Å². The maximum Gasteiger partial charge on any atom is 0.156 e. The number of nitrogens with zero attached hydrogens (tertiary/aromatic N) is 3. The van der Waals surface area contributed by atoms with Crippen LogP contribution in [0.1, 0.15) is 5.82 Å². The average Bonchev–Trinajstić information content (AvgIpc) is 2.34. The predicted molar refractivity (Wildman–Crippen MR) is 42.7 cm³/mol. The van der Waals surface area contributed by atoms with Gasteiger partial charge in [0.25, 0.3) is 0 Å². The van der Waals surface area contributed by atoms with Gasteiger partial charge in [-0.25, -0.2) is 9.50 Å². The molecule has 2 aromatic heterocycles. The van der Waals surface area contributed by atoms with Crippen molar-refractivity contribution in [1.82, 2.24) is 14.6 Å². The van der Waals surface area contributed by atoms with Crippen molar-refractivity contribution in [3.8, 4) is 0 Å². The number of fused-ring (bicyclic) bond motifs is 1. The number of aryl methyl sites for hydroxylation is 1. The highest BCUT2D eigenvalue weighted by Crippen LogP contribution is 2.13. The van der Waals surface area contributed by atoms with Gasteiger partial charge >= 0.3 is 0 Å². The summed E-state index contributed by atoms with van der Waals surface area (Å²) in [5.41, 5.74) is 0.845. The van der Waals surface area contributed by atoms with Crippen molar-refractivity contribution in [2.24, 2.45) is 0 Å². The van der Waals surface area contributed by atoms with E-state index in [1.54, 1.807) is 4.52 Å². The second kappa shape index (κ2) is 2.20. The molecule has 0 saturated heterocycles. The van der Waals surface area contributed by atoms with Crippen molar-refractivity contribution in [1.29, 1.82) is 0 Å². The molecule has 2 rings (SSSR count). The number of hydrogen-bond donors (Lipinski definition) is 0. The molecule has 0 amide bonds. The lowest BCUT2D eigenvalue weighted by Crippen LogP contribution is -1.96. The minimum absolute atomic E-state index is 0.502. The van der Waals surface area contributed by atoms with Crippen molar-refractivity contribution in [3.63, 3.8) is 0 Å². The minimum atomic E-state index is 0.502. The van der Waals surface area contributed by atoms with Crippen molar-refractivity contribution in [2.75, 3.05) is 0 Å². The molecule has 0 aliphatic heterocycles. The molecule has 0 radical (unpaired) electrons. The second-order valence-corrected chi connectivity index (χ2v) is 2.65. The molecule has 3 nitrogen and oxygen atoms in total. The third kappa shape index (κ3) is 0.973. The molecule has 2 aromatic rings. The highest BCUT2D eigenvalue weighted by atomic mass is 35.5. The second-order valence-electron chi connectivity index (χ2n) is 2.29. The first-order valence-electron chi connectivity index (χ1n) is 3.25. The van der Waals surface area contributed by atoms with Gasteiger partial charge in [0.15, 0.2) is 5.15 Å². The third-order valence-electron chi connectivity index (χ3n) is 1.45. The quantitative estimate of drug-likeness (QED) is 0.598. The Morgan fingerprint density at radius 1 is 1.55 bits per heavy atom. The van der Waals surface area contributed by atoms with Gasteiger partial charge in [0.1, 0.15) is 11.3 Å². The lowest BCUT2D eigenvalue weighted by atomic mass is 10.5. The van der Waals surface area contributed by atoms with E-state index in [2.05, 4.69) is 10.1 Å². The van der Waals surface area contributed by atoms with Crippen LogP contribution in [-0.4, -0.2) is 14.6 Å². The molecule has 4 heteroatoms. The Kier molecular flexibility index (Phi) is 1.32. The van der Waals surface area contributed by atoms with Crippen molar-refractivity contribution >= 4 is 17.1 Å². The molecule has 0 aromatic carbocycles. The van der Waals surface area contributed by atoms with E-state index in [4.69, 9.17) is 11.6 Å². The van der Waals surface area contributed by atoms with E-state index in [9.17, 15) is 0 Å². The third-order valence-corrected chi connectivity index (χ3v) is 1.73. The van der Waals surface area contributed by atoms with Gasteiger partial charge in [0, 0.05) is 6.20 Å². The molecule has 11 heavy (non-hydrogen) atoms. The first-order chi connectivity index (χ1) is 5.27. The number of halogens is 1. The van der Waals surface area contributed by atoms with E-state index in [0.717, 1.165) is 5.52 Å². The fraction of sp³-hybridized carbons (Fsp3) is 0.143. The highest BCUT2D eigenvalue weighted by Gasteiger charge is 2.00. The maximum absolute atomic E-state index is 5.83. The van der Waals surface area contributed by atoms with Crippen LogP contribution >= 0.6 is 11.6 Å². The van der Waals surface area contributed by atoms with Gasteiger partial charge in [-0.2, -0.15) is 5.10 Å². The Balaban J connectivity index is 2.91. The first kappa shape index (κ1) is 6.61. The Bertz CT molecular complexity index is 393. The van der Waals surface area contributed by atoms with Crippen LogP contribution in [0.5, 0.6) is 0 Å². The molecule has 0 aliphatic rings. The van der Waals surface area contributed by atoms with Gasteiger partial charge in [-0.1, -0.05) is 11.6 Å². The standard InChI is InChI=1S/C7H6ClN3/c1-5-9-7(8)6-3-2-4-11(6)10-5/h2-4H,1H3. The van der Waals surface area contributed by atoms with Gasteiger partial charge in [-0.3, -0.25) is 0 Å². The summed E-state index contributed by atoms with van der Waals surface area (Å²) in [4.78, 5) is 4.01. The molecule has 0 aliphatic carbocycles. The molecule has 0 spiro atoms. The van der Waals surface area contributed by atoms with E-state index in [1.165, 1.54) is 0 Å². The van der Waals surface area contributed by atoms with E-state index in [-0.39, 0.29) is 0 Å². The Morgan fingerprint density at radius 3 is 3.18 bits per heavy atom. The van der Waals surface area contributed by atoms with Crippen LogP contribution in [0.4, 0.5) is 0 Å². The number of rotatable bonds is 0. The van der Waals surface area contributed by atoms with Crippen LogP contribution < -0.4 is 0 Å². The molecule has 0 bridgehead atoms. The largest absolute Gasteiger partial charge is 0.236 e. The van der Waals surface area contributed by atoms with Crippen LogP contribution in [-0.2, 0) is 0 Å². The molecule has 0 atom stereocenters. The zero-order valence-electron chi connectivity index (χ0n) is 5.95. The van der Waals surface area contributed by atoms with Crippen molar-refractivity contribution in [3.05, 3.63) is 29.3 Å². The number of aromatic nitrogens is 3. The topological polar surface area (TPSA) is 30.2 Å². The normalized spacial score (nSPS) is 10.7. The summed E-state index contributed by atoms with van der Waals surface area (Å²) in [5, 5.41) is 4.62. The van der Waals surface area contributed by atoms with Crippen LogP contribution in [0.25, 0.3) is 5.52 Å². The van der Waals surface area contributed by atoms with Crippen LogP contribution in [0.15, 0.2) is 18.3 Å². The fourth-order valence-corrected chi connectivity index (χ4v) is 1.27. The lowest BCUT2D eigenvalue weighted by Gasteiger charge is -1.96. The molecule has 0 unspecified atom stereocenters. The summed E-state index contributed by atoms with van der Waals surface area (Å²) in [7, 11) is 0. The van der Waals surface area contributed by atoms with Gasteiger partial charge in [0.05, 0.1) is 0 Å². The lowest BCUT2D eigenvalue weighted by molar-refractivity contribution is 0.857. The molecule has 0 saturated carbocycles. The summed E-state index contributed by atoms with van der Waals surface area (Å²) in [6.07, 6.45) is 1.84. The van der Waals surface area contributed by atoms with Gasteiger partial charge in [0.2, 0.25) is 0 Å². The molecule has 56 valence electrons. The summed E-state index contributed by atoms with van der Waals surface area (Å²) in [6.45, 7) is 1.81. The maximum atomic E-state index is 5.83.